The SMILES string of the molecule is CCC(NC(=O)CCCN)C(=O)NC. The molecule has 0 aromatic rings. The fourth-order valence-electron chi connectivity index (χ4n) is 1.06. The lowest BCUT2D eigenvalue weighted by Crippen LogP contribution is -2.45. The third-order valence-electron chi connectivity index (χ3n) is 1.91. The van der Waals surface area contributed by atoms with E-state index in [1.165, 1.54) is 0 Å². The van der Waals surface area contributed by atoms with Gasteiger partial charge in [0.1, 0.15) is 6.04 Å². The van der Waals surface area contributed by atoms with Crippen molar-refractivity contribution >= 4 is 11.8 Å². The Morgan fingerprint density at radius 1 is 1.43 bits per heavy atom. The van der Waals surface area contributed by atoms with E-state index in [4.69, 9.17) is 5.73 Å². The summed E-state index contributed by atoms with van der Waals surface area (Å²) in [5, 5.41) is 5.14. The van der Waals surface area contributed by atoms with E-state index in [0.29, 0.717) is 25.8 Å². The van der Waals surface area contributed by atoms with Gasteiger partial charge in [0.25, 0.3) is 0 Å². The number of hydrogen-bond acceptors (Lipinski definition) is 3. The predicted octanol–water partition coefficient (Wildman–Crippen LogP) is -0.634. The largest absolute Gasteiger partial charge is 0.357 e. The lowest BCUT2D eigenvalue weighted by Gasteiger charge is -2.14. The van der Waals surface area contributed by atoms with Gasteiger partial charge in [0, 0.05) is 13.5 Å². The summed E-state index contributed by atoms with van der Waals surface area (Å²) in [5.74, 6) is -0.278. The Morgan fingerprint density at radius 3 is 2.50 bits per heavy atom. The monoisotopic (exact) mass is 201 g/mol. The van der Waals surface area contributed by atoms with E-state index in [1.807, 2.05) is 6.92 Å². The molecule has 0 aliphatic heterocycles. The highest BCUT2D eigenvalue weighted by Crippen LogP contribution is 1.93. The van der Waals surface area contributed by atoms with Gasteiger partial charge in [-0.3, -0.25) is 9.59 Å². The van der Waals surface area contributed by atoms with Gasteiger partial charge in [0.05, 0.1) is 0 Å². The maximum Gasteiger partial charge on any atom is 0.242 e. The molecule has 0 aromatic carbocycles. The van der Waals surface area contributed by atoms with Crippen molar-refractivity contribution in [1.82, 2.24) is 10.6 Å². The molecule has 0 spiro atoms. The van der Waals surface area contributed by atoms with Crippen LogP contribution in [0.3, 0.4) is 0 Å². The van der Waals surface area contributed by atoms with Crippen molar-refractivity contribution in [2.75, 3.05) is 13.6 Å². The van der Waals surface area contributed by atoms with Crippen molar-refractivity contribution in [1.29, 1.82) is 0 Å². The smallest absolute Gasteiger partial charge is 0.242 e. The van der Waals surface area contributed by atoms with Crippen LogP contribution in [0.1, 0.15) is 26.2 Å². The van der Waals surface area contributed by atoms with E-state index in [9.17, 15) is 9.59 Å². The van der Waals surface area contributed by atoms with Gasteiger partial charge in [-0.2, -0.15) is 0 Å². The number of carbonyl (C=O) groups is 2. The van der Waals surface area contributed by atoms with Crippen molar-refractivity contribution in [2.24, 2.45) is 5.73 Å². The van der Waals surface area contributed by atoms with E-state index < -0.39 is 6.04 Å². The molecule has 5 heteroatoms. The molecule has 0 fully saturated rings. The molecule has 0 saturated carbocycles. The first-order valence-electron chi connectivity index (χ1n) is 4.86. The van der Waals surface area contributed by atoms with Gasteiger partial charge in [0.2, 0.25) is 11.8 Å². The highest BCUT2D eigenvalue weighted by Gasteiger charge is 2.16. The van der Waals surface area contributed by atoms with E-state index in [0.717, 1.165) is 0 Å². The van der Waals surface area contributed by atoms with Gasteiger partial charge in [-0.15, -0.1) is 0 Å². The van der Waals surface area contributed by atoms with Crippen LogP contribution in [0.25, 0.3) is 0 Å². The second-order valence-corrected chi connectivity index (χ2v) is 3.03. The van der Waals surface area contributed by atoms with E-state index in [2.05, 4.69) is 10.6 Å². The molecular weight excluding hydrogens is 182 g/mol. The number of rotatable bonds is 6. The van der Waals surface area contributed by atoms with Gasteiger partial charge in [-0.1, -0.05) is 6.92 Å². The molecule has 1 atom stereocenters. The number of carbonyl (C=O) groups excluding carboxylic acids is 2. The molecule has 1 unspecified atom stereocenters. The standard InChI is InChI=1S/C9H19N3O2/c1-3-7(9(14)11-2)12-8(13)5-4-6-10/h7H,3-6,10H2,1-2H3,(H,11,14)(H,12,13). The lowest BCUT2D eigenvalue weighted by molar-refractivity contribution is -0.128. The maximum absolute atomic E-state index is 11.2. The molecule has 0 saturated heterocycles. The molecule has 0 bridgehead atoms. The number of amides is 2. The summed E-state index contributed by atoms with van der Waals surface area (Å²) in [6.07, 6.45) is 1.62. The highest BCUT2D eigenvalue weighted by atomic mass is 16.2. The second-order valence-electron chi connectivity index (χ2n) is 3.03. The Morgan fingerprint density at radius 2 is 2.07 bits per heavy atom. The van der Waals surface area contributed by atoms with Crippen molar-refractivity contribution in [3.8, 4) is 0 Å². The number of nitrogens with two attached hydrogens (primary N) is 1. The van der Waals surface area contributed by atoms with Crippen LogP contribution in [-0.4, -0.2) is 31.4 Å². The first kappa shape index (κ1) is 12.9. The summed E-state index contributed by atoms with van der Waals surface area (Å²) >= 11 is 0. The van der Waals surface area contributed by atoms with Crippen molar-refractivity contribution in [2.45, 2.75) is 32.2 Å². The second kappa shape index (κ2) is 7.32. The Bertz CT molecular complexity index is 194. The van der Waals surface area contributed by atoms with Gasteiger partial charge < -0.3 is 16.4 Å². The Balaban J connectivity index is 3.92. The number of hydrogen-bond donors (Lipinski definition) is 3. The topological polar surface area (TPSA) is 84.2 Å². The minimum Gasteiger partial charge on any atom is -0.357 e. The van der Waals surface area contributed by atoms with Crippen LogP contribution in [0.4, 0.5) is 0 Å². The van der Waals surface area contributed by atoms with Gasteiger partial charge in [-0.05, 0) is 19.4 Å². The van der Waals surface area contributed by atoms with Crippen molar-refractivity contribution in [3.63, 3.8) is 0 Å². The third kappa shape index (κ3) is 4.81. The third-order valence-corrected chi connectivity index (χ3v) is 1.91. The van der Waals surface area contributed by atoms with Crippen molar-refractivity contribution < 1.29 is 9.59 Å². The zero-order valence-corrected chi connectivity index (χ0v) is 8.80. The summed E-state index contributed by atoms with van der Waals surface area (Å²) < 4.78 is 0. The number of likely N-dealkylation sites (N-methyl/N-ethyl adjacent to an activating group) is 1. The average Bonchev–Trinajstić information content (AvgIpc) is 2.21. The highest BCUT2D eigenvalue weighted by molar-refractivity contribution is 5.87. The molecule has 14 heavy (non-hydrogen) atoms. The molecule has 0 radical (unpaired) electrons. The molecule has 0 aromatic heterocycles. The zero-order valence-electron chi connectivity index (χ0n) is 8.80. The maximum atomic E-state index is 11.2. The summed E-state index contributed by atoms with van der Waals surface area (Å²) in [6.45, 7) is 2.34. The number of nitrogens with one attached hydrogen (secondary N) is 2. The van der Waals surface area contributed by atoms with Crippen LogP contribution in [0.15, 0.2) is 0 Å². The summed E-state index contributed by atoms with van der Waals surface area (Å²) in [7, 11) is 1.55. The molecule has 2 amide bonds. The van der Waals surface area contributed by atoms with Crippen molar-refractivity contribution in [3.05, 3.63) is 0 Å². The Labute approximate surface area is 84.4 Å². The van der Waals surface area contributed by atoms with Gasteiger partial charge >= 0.3 is 0 Å². The van der Waals surface area contributed by atoms with Crippen LogP contribution in [-0.2, 0) is 9.59 Å². The summed E-state index contributed by atoms with van der Waals surface area (Å²) in [4.78, 5) is 22.4. The van der Waals surface area contributed by atoms with Crippen LogP contribution in [0.2, 0.25) is 0 Å². The van der Waals surface area contributed by atoms with Crippen LogP contribution in [0.5, 0.6) is 0 Å². The minimum atomic E-state index is -0.426. The van der Waals surface area contributed by atoms with Crippen LogP contribution >= 0.6 is 0 Å². The van der Waals surface area contributed by atoms with Crippen LogP contribution in [0, 0.1) is 0 Å². The molecule has 82 valence electrons. The fourth-order valence-corrected chi connectivity index (χ4v) is 1.06. The molecule has 0 heterocycles. The first-order chi connectivity index (χ1) is 6.65. The minimum absolute atomic E-state index is 0.120. The molecule has 0 rings (SSSR count). The van der Waals surface area contributed by atoms with Crippen LogP contribution < -0.4 is 16.4 Å². The summed E-state index contributed by atoms with van der Waals surface area (Å²) in [5.41, 5.74) is 5.27. The van der Waals surface area contributed by atoms with E-state index in [1.54, 1.807) is 7.05 Å². The molecule has 5 nitrogen and oxygen atoms in total. The summed E-state index contributed by atoms with van der Waals surface area (Å²) in [6, 6.07) is -0.426. The van der Waals surface area contributed by atoms with E-state index in [-0.39, 0.29) is 11.8 Å². The Hall–Kier alpha value is -1.10. The molecular formula is C9H19N3O2. The quantitative estimate of drug-likeness (QED) is 0.535. The molecule has 0 aliphatic rings. The zero-order chi connectivity index (χ0) is 11.0. The predicted molar refractivity (Wildman–Crippen MR) is 54.6 cm³/mol. The van der Waals surface area contributed by atoms with Gasteiger partial charge in [0.15, 0.2) is 0 Å². The molecule has 4 N–H and O–H groups in total. The lowest BCUT2D eigenvalue weighted by atomic mass is 10.2. The average molecular weight is 201 g/mol. The van der Waals surface area contributed by atoms with E-state index >= 15 is 0 Å². The Kier molecular flexibility index (Phi) is 6.74. The van der Waals surface area contributed by atoms with Gasteiger partial charge in [-0.25, -0.2) is 0 Å². The fraction of sp³-hybridized carbons (Fsp3) is 0.778. The molecule has 0 aliphatic carbocycles. The normalized spacial score (nSPS) is 11.9. The first-order valence-corrected chi connectivity index (χ1v) is 4.86.